The van der Waals surface area contributed by atoms with Crippen molar-refractivity contribution in [3.8, 4) is 0 Å². The van der Waals surface area contributed by atoms with E-state index in [2.05, 4.69) is 112 Å². The molecule has 0 heterocycles. The van der Waals surface area contributed by atoms with E-state index < -0.39 is 0 Å². The lowest BCUT2D eigenvalue weighted by molar-refractivity contribution is -0.119. The maximum Gasteiger partial charge on any atom is 0.143 e. The van der Waals surface area contributed by atoms with Crippen LogP contribution in [-0.2, 0) is 9.59 Å². The van der Waals surface area contributed by atoms with Crippen molar-refractivity contribution < 1.29 is 9.59 Å². The van der Waals surface area contributed by atoms with Gasteiger partial charge < -0.3 is 0 Å². The van der Waals surface area contributed by atoms with Gasteiger partial charge in [0.2, 0.25) is 0 Å². The molecule has 0 aromatic rings. The Kier molecular flexibility index (Phi) is 16.3. The number of carbonyl (C=O) groups excluding carboxylic acids is 2. The molecule has 164 valence electrons. The minimum Gasteiger partial charge on any atom is -0.299 e. The third-order valence-corrected chi connectivity index (χ3v) is 4.23. The molecule has 0 rings (SSSR count). The van der Waals surface area contributed by atoms with E-state index in [-0.39, 0.29) is 26.1 Å². The van der Waals surface area contributed by atoms with Gasteiger partial charge in [0.25, 0.3) is 0 Å². The Morgan fingerprint density at radius 3 is 1.22 bits per heavy atom. The van der Waals surface area contributed by atoms with Crippen LogP contribution in [0.4, 0.5) is 0 Å². The molecule has 0 aromatic carbocycles. The molecule has 0 radical (unpaired) electrons. The monoisotopic (exact) mass is 484 g/mol. The predicted octanol–water partition coefficient (Wildman–Crippen LogP) is 7.62. The zero-order valence-corrected chi connectivity index (χ0v) is 23.2. The number of thioether (sulfide) groups is 1. The van der Waals surface area contributed by atoms with Gasteiger partial charge in [-0.25, -0.2) is 0 Å². The highest BCUT2D eigenvalue weighted by atomic mass is 79.9. The van der Waals surface area contributed by atoms with Gasteiger partial charge in [-0.05, 0) is 10.8 Å². The van der Waals surface area contributed by atoms with Crippen LogP contribution in [0, 0.1) is 10.8 Å². The van der Waals surface area contributed by atoms with Gasteiger partial charge in [-0.1, -0.05) is 99.0 Å². The molecule has 0 atom stereocenters. The highest BCUT2D eigenvalue weighted by Gasteiger charge is 2.18. The molecule has 0 aliphatic carbocycles. The summed E-state index contributed by atoms with van der Waals surface area (Å²) in [5.74, 6) is 1.30. The Balaban J connectivity index is -0.000000356. The third kappa shape index (κ3) is 46.5. The molecule has 0 unspecified atom stereocenters. The zero-order valence-electron chi connectivity index (χ0n) is 19.9. The second-order valence-corrected chi connectivity index (χ2v) is 15.0. The van der Waals surface area contributed by atoms with Crippen LogP contribution in [0.5, 0.6) is 0 Å². The summed E-state index contributed by atoms with van der Waals surface area (Å²) >= 11 is 8.97. The number of ketones is 2. The van der Waals surface area contributed by atoms with Crippen molar-refractivity contribution in [3.63, 3.8) is 0 Å². The Morgan fingerprint density at radius 1 is 0.741 bits per heavy atom. The van der Waals surface area contributed by atoms with Gasteiger partial charge in [-0.15, -0.1) is 11.8 Å². The highest BCUT2D eigenvalue weighted by Crippen LogP contribution is 2.26. The maximum absolute atomic E-state index is 11.5. The van der Waals surface area contributed by atoms with Gasteiger partial charge in [0.15, 0.2) is 0 Å². The van der Waals surface area contributed by atoms with E-state index >= 15 is 0 Å². The predicted molar refractivity (Wildman–Crippen MR) is 133 cm³/mol. The van der Waals surface area contributed by atoms with E-state index in [1.165, 1.54) is 0 Å². The van der Waals surface area contributed by atoms with Crippen molar-refractivity contribution in [2.75, 3.05) is 11.1 Å². The lowest BCUT2D eigenvalue weighted by atomic mass is 9.90. The third-order valence-electron chi connectivity index (χ3n) is 2.27. The molecular weight excluding hydrogens is 440 g/mol. The number of Topliss-reactive ketones (excluding diaryl/α,β-unsaturated/α-hetero) is 2. The number of rotatable bonds is 5. The van der Waals surface area contributed by atoms with Crippen LogP contribution in [0.1, 0.15) is 95.9 Å². The van der Waals surface area contributed by atoms with Crippen LogP contribution in [-0.4, -0.2) is 32.1 Å². The van der Waals surface area contributed by atoms with Crippen molar-refractivity contribution in [2.24, 2.45) is 10.8 Å². The van der Waals surface area contributed by atoms with Crippen LogP contribution in [0.25, 0.3) is 0 Å². The number of hydrogen-bond donors (Lipinski definition) is 1. The molecule has 0 saturated carbocycles. The van der Waals surface area contributed by atoms with Crippen LogP contribution < -0.4 is 0 Å². The Labute approximate surface area is 188 Å². The summed E-state index contributed by atoms with van der Waals surface area (Å²) in [5, 5.41) is 0.490. The SMILES string of the molecule is CC(C)(C)CC(=O)CBr.CC(C)(C)CC(=O)CSC(C)(C)C.CC(C)(C)S. The van der Waals surface area contributed by atoms with Crippen LogP contribution in [0.15, 0.2) is 0 Å². The van der Waals surface area contributed by atoms with E-state index in [1.54, 1.807) is 11.8 Å². The van der Waals surface area contributed by atoms with Crippen LogP contribution >= 0.6 is 40.3 Å². The van der Waals surface area contributed by atoms with Gasteiger partial charge in [-0.2, -0.15) is 12.6 Å². The zero-order chi connectivity index (χ0) is 22.7. The van der Waals surface area contributed by atoms with E-state index in [0.717, 1.165) is 0 Å². The fourth-order valence-electron chi connectivity index (χ4n) is 1.58. The highest BCUT2D eigenvalue weighted by molar-refractivity contribution is 9.09. The van der Waals surface area contributed by atoms with E-state index in [9.17, 15) is 9.59 Å². The Morgan fingerprint density at radius 2 is 1.04 bits per heavy atom. The van der Waals surface area contributed by atoms with Gasteiger partial charge in [0, 0.05) is 22.3 Å². The van der Waals surface area contributed by atoms with Gasteiger partial charge in [0.1, 0.15) is 11.6 Å². The summed E-state index contributed by atoms with van der Waals surface area (Å²) < 4.78 is 0.396. The van der Waals surface area contributed by atoms with E-state index in [0.29, 0.717) is 29.7 Å². The Hall–Kier alpha value is 0.520. The van der Waals surface area contributed by atoms with Crippen LogP contribution in [0.2, 0.25) is 0 Å². The normalized spacial score (nSPS) is 12.4. The lowest BCUT2D eigenvalue weighted by Crippen LogP contribution is -2.18. The topological polar surface area (TPSA) is 34.1 Å². The molecule has 0 aromatic heterocycles. The van der Waals surface area contributed by atoms with Crippen LogP contribution in [0.3, 0.4) is 0 Å². The average molecular weight is 486 g/mol. The molecule has 0 fully saturated rings. The molecule has 0 saturated heterocycles. The standard InChI is InChI=1S/C11H22OS.C7H13BrO.C4H10S/c1-10(2,3)7-9(12)8-13-11(4,5)6;1-7(2,3)4-6(9)5-8;1-4(2,3)5/h7-8H2,1-6H3;4-5H2,1-3H3;5H,1-3H3. The fourth-order valence-corrected chi connectivity index (χ4v) is 2.47. The largest absolute Gasteiger partial charge is 0.299 e. The smallest absolute Gasteiger partial charge is 0.143 e. The van der Waals surface area contributed by atoms with Crippen molar-refractivity contribution in [1.29, 1.82) is 0 Å². The first-order chi connectivity index (χ1) is 11.6. The van der Waals surface area contributed by atoms with E-state index in [1.807, 2.05) is 0 Å². The second-order valence-electron chi connectivity index (χ2n) is 11.3. The summed E-state index contributed by atoms with van der Waals surface area (Å²) in [7, 11) is 0. The molecule has 0 N–H and O–H groups in total. The summed E-state index contributed by atoms with van der Waals surface area (Å²) in [6, 6.07) is 0. The molecular formula is C22H45BrO2S2. The second kappa shape index (κ2) is 13.7. The van der Waals surface area contributed by atoms with Crippen molar-refractivity contribution >= 4 is 51.9 Å². The molecule has 2 nitrogen and oxygen atoms in total. The fraction of sp³-hybridized carbons (Fsp3) is 0.909. The summed E-state index contributed by atoms with van der Waals surface area (Å²) in [4.78, 5) is 22.3. The summed E-state index contributed by atoms with van der Waals surface area (Å²) in [5.41, 5.74) is 0.278. The quantitative estimate of drug-likeness (QED) is 0.321. The minimum atomic E-state index is 0.134. The molecule has 5 heteroatoms. The molecule has 0 spiro atoms. The molecule has 0 aliphatic heterocycles. The van der Waals surface area contributed by atoms with Gasteiger partial charge >= 0.3 is 0 Å². The Bertz CT molecular complexity index is 414. The maximum atomic E-state index is 11.5. The number of hydrogen-bond acceptors (Lipinski definition) is 4. The van der Waals surface area contributed by atoms with Crippen molar-refractivity contribution in [3.05, 3.63) is 0 Å². The van der Waals surface area contributed by atoms with Crippen molar-refractivity contribution in [1.82, 2.24) is 0 Å². The number of thiol groups is 1. The molecule has 0 aliphatic rings. The van der Waals surface area contributed by atoms with Gasteiger partial charge in [-0.3, -0.25) is 9.59 Å². The number of carbonyl (C=O) groups is 2. The molecule has 0 bridgehead atoms. The summed E-state index contributed by atoms with van der Waals surface area (Å²) in [6.45, 7) is 25.1. The van der Waals surface area contributed by atoms with Crippen molar-refractivity contribution in [2.45, 2.75) is 105 Å². The summed E-state index contributed by atoms with van der Waals surface area (Å²) in [6.07, 6.45) is 1.36. The molecule has 0 amide bonds. The van der Waals surface area contributed by atoms with Gasteiger partial charge in [0.05, 0.1) is 11.1 Å². The lowest BCUT2D eigenvalue weighted by Gasteiger charge is -2.20. The first kappa shape index (κ1) is 32.2. The minimum absolute atomic E-state index is 0.134. The average Bonchev–Trinajstić information content (AvgIpc) is 2.30. The number of alkyl halides is 1. The first-order valence-corrected chi connectivity index (χ1v) is 12.1. The first-order valence-electron chi connectivity index (χ1n) is 9.51. The number of halogens is 1. The molecule has 27 heavy (non-hydrogen) atoms. The van der Waals surface area contributed by atoms with E-state index in [4.69, 9.17) is 0 Å².